The zero-order valence-electron chi connectivity index (χ0n) is 11.8. The molecular formula is C17H17NO2S. The Kier molecular flexibility index (Phi) is 5.91. The van der Waals surface area contributed by atoms with Crippen molar-refractivity contribution in [1.29, 1.82) is 0 Å². The first-order valence-corrected chi connectivity index (χ1v) is 7.45. The minimum Gasteiger partial charge on any atom is -0.496 e. The van der Waals surface area contributed by atoms with Crippen molar-refractivity contribution in [1.82, 2.24) is 5.32 Å². The summed E-state index contributed by atoms with van der Waals surface area (Å²) < 4.78 is 5.24. The Hall–Kier alpha value is -2.20. The quantitative estimate of drug-likeness (QED) is 0.654. The Morgan fingerprint density at radius 1 is 1.14 bits per heavy atom. The average molecular weight is 299 g/mol. The maximum absolute atomic E-state index is 11.8. The molecule has 0 aliphatic heterocycles. The van der Waals surface area contributed by atoms with Crippen molar-refractivity contribution in [3.63, 3.8) is 0 Å². The van der Waals surface area contributed by atoms with E-state index in [0.29, 0.717) is 6.54 Å². The second-order valence-corrected chi connectivity index (χ2v) is 5.24. The van der Waals surface area contributed by atoms with Crippen LogP contribution in [-0.4, -0.2) is 13.0 Å². The molecule has 0 heterocycles. The first-order chi connectivity index (χ1) is 10.3. The molecule has 21 heavy (non-hydrogen) atoms. The molecule has 0 radical (unpaired) electrons. The number of methoxy groups -OCH3 is 1. The summed E-state index contributed by atoms with van der Waals surface area (Å²) in [5.74, 6) is 0.657. The van der Waals surface area contributed by atoms with Gasteiger partial charge in [-0.2, -0.15) is 0 Å². The van der Waals surface area contributed by atoms with Crippen LogP contribution in [0.3, 0.4) is 0 Å². The highest BCUT2D eigenvalue weighted by Gasteiger charge is 2.02. The van der Waals surface area contributed by atoms with Gasteiger partial charge < -0.3 is 10.1 Å². The van der Waals surface area contributed by atoms with Gasteiger partial charge in [0.2, 0.25) is 5.91 Å². The van der Waals surface area contributed by atoms with Crippen molar-refractivity contribution < 1.29 is 9.53 Å². The van der Waals surface area contributed by atoms with Crippen LogP contribution in [0.1, 0.15) is 5.56 Å². The summed E-state index contributed by atoms with van der Waals surface area (Å²) in [6, 6.07) is 17.5. The number of carbonyl (C=O) groups is 1. The molecule has 4 heteroatoms. The first kappa shape index (κ1) is 15.2. The van der Waals surface area contributed by atoms with Gasteiger partial charge in [0.05, 0.1) is 7.11 Å². The highest BCUT2D eigenvalue weighted by Crippen LogP contribution is 2.18. The standard InChI is InChI=1S/C17H17NO2S/c1-20-16-10-6-5-7-14(16)13-18-17(19)11-12-21-15-8-3-2-4-9-15/h2-12H,13H2,1H3,(H,18,19). The molecule has 0 bridgehead atoms. The molecule has 3 nitrogen and oxygen atoms in total. The van der Waals surface area contributed by atoms with Crippen LogP contribution in [0.25, 0.3) is 0 Å². The lowest BCUT2D eigenvalue weighted by Gasteiger charge is -2.08. The maximum atomic E-state index is 11.8. The summed E-state index contributed by atoms with van der Waals surface area (Å²) >= 11 is 1.51. The SMILES string of the molecule is COc1ccccc1CNC(=O)C=CSc1ccccc1. The van der Waals surface area contributed by atoms with Crippen molar-refractivity contribution in [2.24, 2.45) is 0 Å². The predicted molar refractivity (Wildman–Crippen MR) is 86.3 cm³/mol. The molecule has 0 atom stereocenters. The number of para-hydroxylation sites is 1. The van der Waals surface area contributed by atoms with E-state index in [-0.39, 0.29) is 5.91 Å². The van der Waals surface area contributed by atoms with Crippen LogP contribution in [0.15, 0.2) is 71.0 Å². The van der Waals surface area contributed by atoms with Crippen LogP contribution >= 0.6 is 11.8 Å². The van der Waals surface area contributed by atoms with Crippen molar-refractivity contribution >= 4 is 17.7 Å². The second kappa shape index (κ2) is 8.17. The summed E-state index contributed by atoms with van der Waals surface area (Å²) in [4.78, 5) is 12.9. The van der Waals surface area contributed by atoms with E-state index in [1.165, 1.54) is 17.8 Å². The topological polar surface area (TPSA) is 38.3 Å². The van der Waals surface area contributed by atoms with Gasteiger partial charge in [0.1, 0.15) is 5.75 Å². The van der Waals surface area contributed by atoms with E-state index in [4.69, 9.17) is 4.74 Å². The smallest absolute Gasteiger partial charge is 0.244 e. The van der Waals surface area contributed by atoms with Gasteiger partial charge in [0.25, 0.3) is 0 Å². The number of nitrogens with one attached hydrogen (secondary N) is 1. The minimum absolute atomic E-state index is 0.121. The van der Waals surface area contributed by atoms with Gasteiger partial charge in [0, 0.05) is 23.1 Å². The van der Waals surface area contributed by atoms with E-state index in [2.05, 4.69) is 5.32 Å². The second-order valence-electron chi connectivity index (χ2n) is 4.26. The summed E-state index contributed by atoms with van der Waals surface area (Å²) in [5.41, 5.74) is 0.956. The van der Waals surface area contributed by atoms with E-state index < -0.39 is 0 Å². The van der Waals surface area contributed by atoms with Crippen molar-refractivity contribution in [3.8, 4) is 5.75 Å². The first-order valence-electron chi connectivity index (χ1n) is 6.57. The predicted octanol–water partition coefficient (Wildman–Crippen LogP) is 3.62. The van der Waals surface area contributed by atoms with E-state index in [9.17, 15) is 4.79 Å². The van der Waals surface area contributed by atoms with Gasteiger partial charge in [-0.25, -0.2) is 0 Å². The maximum Gasteiger partial charge on any atom is 0.244 e. The molecule has 0 aliphatic carbocycles. The molecule has 2 aromatic carbocycles. The van der Waals surface area contributed by atoms with Gasteiger partial charge in [-0.15, -0.1) is 0 Å². The summed E-state index contributed by atoms with van der Waals surface area (Å²) in [5, 5.41) is 4.63. The number of amides is 1. The highest BCUT2D eigenvalue weighted by molar-refractivity contribution is 8.02. The Balaban J connectivity index is 1.82. The fourth-order valence-electron chi connectivity index (χ4n) is 1.76. The molecule has 1 N–H and O–H groups in total. The monoisotopic (exact) mass is 299 g/mol. The molecule has 108 valence electrons. The summed E-state index contributed by atoms with van der Waals surface area (Å²) in [7, 11) is 1.62. The third-order valence-electron chi connectivity index (χ3n) is 2.81. The largest absolute Gasteiger partial charge is 0.496 e. The molecule has 0 saturated heterocycles. The molecular weight excluding hydrogens is 282 g/mol. The van der Waals surface area contributed by atoms with Gasteiger partial charge >= 0.3 is 0 Å². The number of benzene rings is 2. The van der Waals surface area contributed by atoms with E-state index in [0.717, 1.165) is 16.2 Å². The van der Waals surface area contributed by atoms with Crippen LogP contribution in [0.4, 0.5) is 0 Å². The number of hydrogen-bond donors (Lipinski definition) is 1. The van der Waals surface area contributed by atoms with Gasteiger partial charge in [-0.1, -0.05) is 48.2 Å². The fourth-order valence-corrected chi connectivity index (χ4v) is 2.43. The van der Waals surface area contributed by atoms with Gasteiger partial charge in [-0.3, -0.25) is 4.79 Å². The summed E-state index contributed by atoms with van der Waals surface area (Å²) in [6.07, 6.45) is 1.53. The molecule has 2 aromatic rings. The van der Waals surface area contributed by atoms with Crippen molar-refractivity contribution in [3.05, 3.63) is 71.6 Å². The van der Waals surface area contributed by atoms with Crippen LogP contribution in [0, 0.1) is 0 Å². The number of carbonyl (C=O) groups excluding carboxylic acids is 1. The molecule has 0 fully saturated rings. The van der Waals surface area contributed by atoms with E-state index in [1.54, 1.807) is 12.5 Å². The van der Waals surface area contributed by atoms with Crippen LogP contribution in [0.5, 0.6) is 5.75 Å². The average Bonchev–Trinajstić information content (AvgIpc) is 2.54. The highest BCUT2D eigenvalue weighted by atomic mass is 32.2. The molecule has 1 amide bonds. The molecule has 0 saturated carbocycles. The third-order valence-corrected chi connectivity index (χ3v) is 3.63. The Morgan fingerprint density at radius 2 is 1.86 bits per heavy atom. The number of rotatable bonds is 6. The molecule has 0 aromatic heterocycles. The van der Waals surface area contributed by atoms with Crippen LogP contribution < -0.4 is 10.1 Å². The zero-order chi connectivity index (χ0) is 14.9. The van der Waals surface area contributed by atoms with Crippen LogP contribution in [0.2, 0.25) is 0 Å². The molecule has 0 aliphatic rings. The normalized spacial score (nSPS) is 10.5. The Labute approximate surface area is 129 Å². The van der Waals surface area contributed by atoms with Gasteiger partial charge in [-0.05, 0) is 23.6 Å². The van der Waals surface area contributed by atoms with Crippen molar-refractivity contribution in [2.75, 3.05) is 7.11 Å². The number of ether oxygens (including phenoxy) is 1. The minimum atomic E-state index is -0.121. The molecule has 2 rings (SSSR count). The Bertz CT molecular complexity index is 611. The molecule has 0 spiro atoms. The van der Waals surface area contributed by atoms with E-state index in [1.807, 2.05) is 54.6 Å². The number of hydrogen-bond acceptors (Lipinski definition) is 3. The summed E-state index contributed by atoms with van der Waals surface area (Å²) in [6.45, 7) is 0.448. The lowest BCUT2D eigenvalue weighted by atomic mass is 10.2. The fraction of sp³-hybridized carbons (Fsp3) is 0.118. The third kappa shape index (κ3) is 5.00. The van der Waals surface area contributed by atoms with Gasteiger partial charge in [0.15, 0.2) is 0 Å². The number of thioether (sulfide) groups is 1. The zero-order valence-corrected chi connectivity index (χ0v) is 12.6. The van der Waals surface area contributed by atoms with E-state index >= 15 is 0 Å². The lowest BCUT2D eigenvalue weighted by molar-refractivity contribution is -0.116. The van der Waals surface area contributed by atoms with Crippen molar-refractivity contribution in [2.45, 2.75) is 11.4 Å². The van der Waals surface area contributed by atoms with Crippen LogP contribution in [-0.2, 0) is 11.3 Å². The lowest BCUT2D eigenvalue weighted by Crippen LogP contribution is -2.20. The Morgan fingerprint density at radius 3 is 2.62 bits per heavy atom. The molecule has 0 unspecified atom stereocenters.